The third-order valence-corrected chi connectivity index (χ3v) is 0. The molecule has 0 heterocycles. The van der Waals surface area contributed by atoms with Gasteiger partial charge in [-0.2, -0.15) is 10.5 Å². The van der Waals surface area contributed by atoms with Crippen molar-refractivity contribution in [2.24, 2.45) is 0 Å². The Kier molecular flexibility index (Phi) is 1070. The van der Waals surface area contributed by atoms with E-state index in [1.54, 1.807) is 12.1 Å². The number of nitriles is 2. The van der Waals surface area contributed by atoms with Crippen LogP contribution in [0.2, 0.25) is 0 Å². The van der Waals surface area contributed by atoms with Gasteiger partial charge in [-0.25, -0.2) is 0 Å². The first-order valence-electron chi connectivity index (χ1n) is 2.34. The van der Waals surface area contributed by atoms with E-state index in [2.05, 4.69) is 0 Å². The average molecular weight is 146 g/mol. The van der Waals surface area contributed by atoms with E-state index in [1.165, 1.54) is 13.8 Å². The summed E-state index contributed by atoms with van der Waals surface area (Å²) in [6.07, 6.45) is 0. The summed E-state index contributed by atoms with van der Waals surface area (Å²) in [7, 11) is 2.00. The molecular formula is C6H14N2O2. The van der Waals surface area contributed by atoms with Crippen molar-refractivity contribution >= 4 is 0 Å². The molecule has 0 unspecified atom stereocenters. The second kappa shape index (κ2) is 464. The third-order valence-electron chi connectivity index (χ3n) is 0. The Morgan fingerprint density at radius 3 is 0.800 bits per heavy atom. The molecule has 0 spiro atoms. The lowest BCUT2D eigenvalue weighted by molar-refractivity contribution is 0.399. The van der Waals surface area contributed by atoms with Gasteiger partial charge in [0.05, 0.1) is 12.1 Å². The third kappa shape index (κ3) is 199. The van der Waals surface area contributed by atoms with Gasteiger partial charge in [-0.1, -0.05) is 0 Å². The molecule has 0 amide bonds. The maximum atomic E-state index is 7.32. The molecule has 0 aromatic carbocycles. The second-order valence-electron chi connectivity index (χ2n) is 0.447. The maximum absolute atomic E-state index is 7.32. The fourth-order valence-corrected chi connectivity index (χ4v) is 0. The van der Waals surface area contributed by atoms with Gasteiger partial charge < -0.3 is 10.2 Å². The minimum atomic E-state index is 1.00. The van der Waals surface area contributed by atoms with Gasteiger partial charge in [0, 0.05) is 28.1 Å². The largest absolute Gasteiger partial charge is 0.400 e. The smallest absolute Gasteiger partial charge is 0.0587 e. The van der Waals surface area contributed by atoms with E-state index in [4.69, 9.17) is 20.7 Å². The summed E-state index contributed by atoms with van der Waals surface area (Å²) in [5.41, 5.74) is 0. The summed E-state index contributed by atoms with van der Waals surface area (Å²) in [6.45, 7) is 2.86. The molecule has 0 aliphatic heterocycles. The average Bonchev–Trinajstić information content (AvgIpc) is 1.99. The summed E-state index contributed by atoms with van der Waals surface area (Å²) in [4.78, 5) is 0. The van der Waals surface area contributed by atoms with Crippen molar-refractivity contribution in [2.45, 2.75) is 13.8 Å². The van der Waals surface area contributed by atoms with Crippen molar-refractivity contribution in [1.82, 2.24) is 0 Å². The molecule has 0 aromatic rings. The zero-order valence-corrected chi connectivity index (χ0v) is 6.79. The maximum Gasteiger partial charge on any atom is 0.0587 e. The van der Waals surface area contributed by atoms with Crippen LogP contribution in [-0.2, 0) is 0 Å². The van der Waals surface area contributed by atoms with Gasteiger partial charge in [0.2, 0.25) is 0 Å². The Balaban J connectivity index is -0.0000000246. The van der Waals surface area contributed by atoms with Crippen LogP contribution in [0.15, 0.2) is 0 Å². The van der Waals surface area contributed by atoms with E-state index >= 15 is 0 Å². The van der Waals surface area contributed by atoms with Gasteiger partial charge in [-0.05, 0) is 0 Å². The number of nitrogens with zero attached hydrogens (tertiary/aromatic N) is 2. The number of aliphatic hydroxyl groups is 2. The number of hydrogen-bond donors (Lipinski definition) is 2. The summed E-state index contributed by atoms with van der Waals surface area (Å²) in [5, 5.41) is 28.6. The van der Waals surface area contributed by atoms with Crippen molar-refractivity contribution < 1.29 is 10.2 Å². The molecule has 0 rings (SSSR count). The van der Waals surface area contributed by atoms with Crippen LogP contribution >= 0.6 is 0 Å². The zero-order valence-electron chi connectivity index (χ0n) is 6.79. The minimum absolute atomic E-state index is 1.00. The van der Waals surface area contributed by atoms with Gasteiger partial charge in [0.25, 0.3) is 0 Å². The Morgan fingerprint density at radius 1 is 0.800 bits per heavy atom. The summed E-state index contributed by atoms with van der Waals surface area (Å²) in [6, 6.07) is 3.50. The summed E-state index contributed by atoms with van der Waals surface area (Å²) < 4.78 is 0. The lowest BCUT2D eigenvalue weighted by Crippen LogP contribution is -1.25. The van der Waals surface area contributed by atoms with Gasteiger partial charge in [0.1, 0.15) is 0 Å². The molecular weight excluding hydrogens is 132 g/mol. The SMILES string of the molecule is CC#N.CC#N.CO.CO. The van der Waals surface area contributed by atoms with Crippen LogP contribution in [0, 0.1) is 22.7 Å². The number of aliphatic hydroxyl groups excluding tert-OH is 2. The second-order valence-corrected chi connectivity index (χ2v) is 0.447. The van der Waals surface area contributed by atoms with E-state index < -0.39 is 0 Å². The molecule has 0 atom stereocenters. The van der Waals surface area contributed by atoms with Crippen LogP contribution in [0.1, 0.15) is 13.8 Å². The van der Waals surface area contributed by atoms with Gasteiger partial charge in [0.15, 0.2) is 0 Å². The van der Waals surface area contributed by atoms with Crippen LogP contribution in [0.5, 0.6) is 0 Å². The van der Waals surface area contributed by atoms with E-state index in [0.717, 1.165) is 14.2 Å². The molecule has 0 saturated carbocycles. The topological polar surface area (TPSA) is 88.0 Å². The summed E-state index contributed by atoms with van der Waals surface area (Å²) >= 11 is 0. The Morgan fingerprint density at radius 2 is 0.800 bits per heavy atom. The minimum Gasteiger partial charge on any atom is -0.400 e. The van der Waals surface area contributed by atoms with Crippen LogP contribution in [0.25, 0.3) is 0 Å². The van der Waals surface area contributed by atoms with Gasteiger partial charge >= 0.3 is 0 Å². The number of hydrogen-bond acceptors (Lipinski definition) is 4. The Labute approximate surface area is 62.0 Å². The van der Waals surface area contributed by atoms with Gasteiger partial charge in [-0.15, -0.1) is 0 Å². The predicted octanol–water partition coefficient (Wildman–Crippen LogP) is 0.277. The molecule has 0 bridgehead atoms. The fraction of sp³-hybridized carbons (Fsp3) is 0.667. The monoisotopic (exact) mass is 146 g/mol. The van der Waals surface area contributed by atoms with E-state index in [0.29, 0.717) is 0 Å². The quantitative estimate of drug-likeness (QED) is 0.513. The zero-order chi connectivity index (χ0) is 9.41. The normalized spacial score (nSPS) is 2.80. The molecule has 0 aliphatic carbocycles. The van der Waals surface area contributed by atoms with Crippen molar-refractivity contribution in [3.05, 3.63) is 0 Å². The summed E-state index contributed by atoms with van der Waals surface area (Å²) in [5.74, 6) is 0. The Hall–Kier alpha value is -1.10. The molecule has 0 saturated heterocycles. The van der Waals surface area contributed by atoms with E-state index in [-0.39, 0.29) is 0 Å². The van der Waals surface area contributed by atoms with Crippen LogP contribution < -0.4 is 0 Å². The first-order chi connectivity index (χ1) is 4.83. The molecule has 0 fully saturated rings. The van der Waals surface area contributed by atoms with E-state index in [9.17, 15) is 0 Å². The molecule has 0 aromatic heterocycles. The molecule has 0 aliphatic rings. The predicted molar refractivity (Wildman–Crippen MR) is 38.9 cm³/mol. The highest BCUT2D eigenvalue weighted by molar-refractivity contribution is 4.51. The lowest BCUT2D eigenvalue weighted by atomic mass is 11.0. The van der Waals surface area contributed by atoms with Crippen molar-refractivity contribution in [2.75, 3.05) is 14.2 Å². The molecule has 60 valence electrons. The van der Waals surface area contributed by atoms with E-state index in [1.807, 2.05) is 0 Å². The first kappa shape index (κ1) is 23.1. The van der Waals surface area contributed by atoms with Crippen molar-refractivity contribution in [3.63, 3.8) is 0 Å². The highest BCUT2D eigenvalue weighted by Crippen LogP contribution is 1.22. The van der Waals surface area contributed by atoms with Crippen molar-refractivity contribution in [3.8, 4) is 12.1 Å². The standard InChI is InChI=1S/2C2H3N.2CH4O/c2*1-2-3;2*1-2/h2*1H3;2*2H,1H3. The highest BCUT2D eigenvalue weighted by atomic mass is 16.2. The molecule has 0 radical (unpaired) electrons. The highest BCUT2D eigenvalue weighted by Gasteiger charge is 1.18. The van der Waals surface area contributed by atoms with Crippen LogP contribution in [0.3, 0.4) is 0 Å². The lowest BCUT2D eigenvalue weighted by Gasteiger charge is -1.21. The van der Waals surface area contributed by atoms with Crippen molar-refractivity contribution in [1.29, 1.82) is 10.5 Å². The first-order valence-corrected chi connectivity index (χ1v) is 2.34. The Bertz CT molecular complexity index is 68.7. The molecule has 4 heteroatoms. The van der Waals surface area contributed by atoms with Crippen LogP contribution in [0.4, 0.5) is 0 Å². The molecule has 10 heavy (non-hydrogen) atoms. The fourth-order valence-electron chi connectivity index (χ4n) is 0. The molecule has 2 N–H and O–H groups in total. The van der Waals surface area contributed by atoms with Gasteiger partial charge in [-0.3, -0.25) is 0 Å². The van der Waals surface area contributed by atoms with Crippen LogP contribution in [-0.4, -0.2) is 24.4 Å². The molecule has 4 nitrogen and oxygen atoms in total. The number of rotatable bonds is 0.